The lowest BCUT2D eigenvalue weighted by molar-refractivity contribution is -0.137. The van der Waals surface area contributed by atoms with Crippen molar-refractivity contribution in [2.45, 2.75) is 33.0 Å². The van der Waals surface area contributed by atoms with Gasteiger partial charge in [0.25, 0.3) is 0 Å². The molecule has 0 aromatic heterocycles. The summed E-state index contributed by atoms with van der Waals surface area (Å²) in [5, 5.41) is 2.08. The maximum absolute atomic E-state index is 12.8. The zero-order valence-corrected chi connectivity index (χ0v) is 14.9. The summed E-state index contributed by atoms with van der Waals surface area (Å²) < 4.78 is 38.4. The van der Waals surface area contributed by atoms with Crippen LogP contribution in [0, 0.1) is 0 Å². The smallest absolute Gasteiger partial charge is 0.341 e. The van der Waals surface area contributed by atoms with Crippen LogP contribution in [0.3, 0.4) is 0 Å². The molecule has 138 valence electrons. The van der Waals surface area contributed by atoms with E-state index in [2.05, 4.69) is 5.32 Å². The van der Waals surface area contributed by atoms with Gasteiger partial charge < -0.3 is 10.2 Å². The molecule has 1 unspecified atom stereocenters. The quantitative estimate of drug-likeness (QED) is 0.769. The number of halogens is 4. The molecule has 0 saturated heterocycles. The number of likely N-dealkylation sites (N-methyl/N-ethyl adjacent to an activating group) is 1. The van der Waals surface area contributed by atoms with Crippen LogP contribution >= 0.6 is 11.6 Å². The highest BCUT2D eigenvalue weighted by molar-refractivity contribution is 6.31. The summed E-state index contributed by atoms with van der Waals surface area (Å²) in [7, 11) is 0. The number of alkyl halides is 3. The highest BCUT2D eigenvalue weighted by Gasteiger charge is 2.33. The van der Waals surface area contributed by atoms with Crippen LogP contribution in [-0.2, 0) is 15.8 Å². The van der Waals surface area contributed by atoms with Gasteiger partial charge in [-0.3, -0.25) is 9.59 Å². The average molecular weight is 377 g/mol. The largest absolute Gasteiger partial charge is 0.417 e. The molecule has 1 aromatic carbocycles. The molecule has 1 rings (SSSR count). The Morgan fingerprint density at radius 3 is 2.40 bits per heavy atom. The molecule has 0 saturated carbocycles. The van der Waals surface area contributed by atoms with Gasteiger partial charge in [0.05, 0.1) is 10.6 Å². The summed E-state index contributed by atoms with van der Waals surface area (Å²) in [5.41, 5.74) is -0.795. The summed E-state index contributed by atoms with van der Waals surface area (Å²) in [6, 6.07) is 2.62. The van der Waals surface area contributed by atoms with Gasteiger partial charge in [0.2, 0.25) is 11.8 Å². The van der Waals surface area contributed by atoms with E-state index in [0.717, 1.165) is 18.2 Å². The molecule has 1 N–H and O–H groups in total. The molecular weight excluding hydrogens is 357 g/mol. The molecule has 1 aromatic rings. The summed E-state index contributed by atoms with van der Waals surface area (Å²) in [6.45, 7) is 6.26. The standard InChI is InChI=1S/C17H20ClF3N2O2/c1-4-23(5-2)16(25)11(3)22-15(24)9-7-12-6-8-14(18)13(10-12)17(19,20)21/h6-11H,4-5H2,1-3H3,(H,22,24). The van der Waals surface area contributed by atoms with E-state index in [1.807, 2.05) is 13.8 Å². The van der Waals surface area contributed by atoms with Crippen molar-refractivity contribution in [1.82, 2.24) is 10.2 Å². The first-order chi connectivity index (χ1) is 11.6. The SMILES string of the molecule is CCN(CC)C(=O)C(C)NC(=O)C=Cc1ccc(Cl)c(C(F)(F)F)c1. The number of amides is 2. The third kappa shape index (κ3) is 6.08. The molecule has 0 radical (unpaired) electrons. The van der Waals surface area contributed by atoms with Gasteiger partial charge in [0, 0.05) is 19.2 Å². The Hall–Kier alpha value is -2.02. The number of hydrogen-bond acceptors (Lipinski definition) is 2. The zero-order chi connectivity index (χ0) is 19.2. The van der Waals surface area contributed by atoms with Crippen LogP contribution in [-0.4, -0.2) is 35.8 Å². The Balaban J connectivity index is 2.79. The fraction of sp³-hybridized carbons (Fsp3) is 0.412. The number of nitrogens with one attached hydrogen (secondary N) is 1. The molecule has 0 fully saturated rings. The molecule has 4 nitrogen and oxygen atoms in total. The molecule has 0 aliphatic rings. The minimum atomic E-state index is -4.58. The Labute approximate surface area is 149 Å². The van der Waals surface area contributed by atoms with Gasteiger partial charge in [-0.2, -0.15) is 13.2 Å². The first kappa shape index (κ1) is 21.0. The number of carbonyl (C=O) groups excluding carboxylic acids is 2. The van der Waals surface area contributed by atoms with Gasteiger partial charge in [-0.25, -0.2) is 0 Å². The van der Waals surface area contributed by atoms with E-state index in [-0.39, 0.29) is 11.5 Å². The zero-order valence-electron chi connectivity index (χ0n) is 14.2. The summed E-state index contributed by atoms with van der Waals surface area (Å²) in [4.78, 5) is 25.5. The van der Waals surface area contributed by atoms with E-state index < -0.39 is 28.7 Å². The fourth-order valence-corrected chi connectivity index (χ4v) is 2.39. The van der Waals surface area contributed by atoms with Gasteiger partial charge in [0.15, 0.2) is 0 Å². The van der Waals surface area contributed by atoms with Gasteiger partial charge in [-0.15, -0.1) is 0 Å². The predicted molar refractivity (Wildman–Crippen MR) is 91.0 cm³/mol. The van der Waals surface area contributed by atoms with Crippen LogP contribution in [0.5, 0.6) is 0 Å². The second kappa shape index (κ2) is 8.89. The van der Waals surface area contributed by atoms with Crippen molar-refractivity contribution in [2.24, 2.45) is 0 Å². The molecule has 0 spiro atoms. The van der Waals surface area contributed by atoms with Gasteiger partial charge in [0.1, 0.15) is 6.04 Å². The summed E-state index contributed by atoms with van der Waals surface area (Å²) >= 11 is 5.54. The lowest BCUT2D eigenvalue weighted by Gasteiger charge is -2.23. The van der Waals surface area contributed by atoms with Crippen molar-refractivity contribution in [3.8, 4) is 0 Å². The summed E-state index contributed by atoms with van der Waals surface area (Å²) in [5.74, 6) is -0.797. The van der Waals surface area contributed by atoms with Crippen LogP contribution < -0.4 is 5.32 Å². The molecule has 0 heterocycles. The molecule has 0 aliphatic carbocycles. The monoisotopic (exact) mass is 376 g/mol. The highest BCUT2D eigenvalue weighted by Crippen LogP contribution is 2.35. The Bertz CT molecular complexity index is 656. The highest BCUT2D eigenvalue weighted by atomic mass is 35.5. The Morgan fingerprint density at radius 2 is 1.88 bits per heavy atom. The first-order valence-electron chi connectivity index (χ1n) is 7.74. The third-order valence-electron chi connectivity index (χ3n) is 3.53. The maximum atomic E-state index is 12.8. The van der Waals surface area contributed by atoms with Gasteiger partial charge in [-0.1, -0.05) is 17.7 Å². The number of nitrogens with zero attached hydrogens (tertiary/aromatic N) is 1. The number of benzene rings is 1. The second-order valence-electron chi connectivity index (χ2n) is 5.31. The van der Waals surface area contributed by atoms with E-state index in [4.69, 9.17) is 11.6 Å². The maximum Gasteiger partial charge on any atom is 0.417 e. The van der Waals surface area contributed by atoms with Crippen molar-refractivity contribution in [1.29, 1.82) is 0 Å². The van der Waals surface area contributed by atoms with Gasteiger partial charge >= 0.3 is 6.18 Å². The topological polar surface area (TPSA) is 49.4 Å². The average Bonchev–Trinajstić information content (AvgIpc) is 2.53. The van der Waals surface area contributed by atoms with Crippen LogP contribution in [0.4, 0.5) is 13.2 Å². The number of rotatable bonds is 6. The van der Waals surface area contributed by atoms with E-state index in [0.29, 0.717) is 13.1 Å². The second-order valence-corrected chi connectivity index (χ2v) is 5.72. The van der Waals surface area contributed by atoms with Crippen LogP contribution in [0.25, 0.3) is 6.08 Å². The van der Waals surface area contributed by atoms with Crippen LogP contribution in [0.1, 0.15) is 31.9 Å². The van der Waals surface area contributed by atoms with Crippen molar-refractivity contribution < 1.29 is 22.8 Å². The summed E-state index contributed by atoms with van der Waals surface area (Å²) in [6.07, 6.45) is -2.27. The minimum absolute atomic E-state index is 0.176. The lowest BCUT2D eigenvalue weighted by Crippen LogP contribution is -2.46. The van der Waals surface area contributed by atoms with Gasteiger partial charge in [-0.05, 0) is 44.5 Å². The van der Waals surface area contributed by atoms with Crippen molar-refractivity contribution in [2.75, 3.05) is 13.1 Å². The van der Waals surface area contributed by atoms with Crippen molar-refractivity contribution in [3.05, 3.63) is 40.4 Å². The van der Waals surface area contributed by atoms with E-state index in [1.54, 1.807) is 11.8 Å². The Kier molecular flexibility index (Phi) is 7.48. The van der Waals surface area contributed by atoms with Crippen LogP contribution in [0.2, 0.25) is 5.02 Å². The number of hydrogen-bond donors (Lipinski definition) is 1. The van der Waals surface area contributed by atoms with E-state index in [1.165, 1.54) is 12.1 Å². The lowest BCUT2D eigenvalue weighted by atomic mass is 10.1. The molecule has 0 bridgehead atoms. The normalized spacial score (nSPS) is 12.9. The molecule has 0 aliphatic heterocycles. The molecule has 2 amide bonds. The Morgan fingerprint density at radius 1 is 1.28 bits per heavy atom. The van der Waals surface area contributed by atoms with Crippen molar-refractivity contribution in [3.63, 3.8) is 0 Å². The van der Waals surface area contributed by atoms with E-state index >= 15 is 0 Å². The molecule has 1 atom stereocenters. The molecule has 25 heavy (non-hydrogen) atoms. The minimum Gasteiger partial charge on any atom is -0.341 e. The first-order valence-corrected chi connectivity index (χ1v) is 8.12. The number of carbonyl (C=O) groups is 2. The third-order valence-corrected chi connectivity index (χ3v) is 3.86. The van der Waals surface area contributed by atoms with Crippen LogP contribution in [0.15, 0.2) is 24.3 Å². The molecule has 8 heteroatoms. The van der Waals surface area contributed by atoms with Crippen molar-refractivity contribution >= 4 is 29.5 Å². The predicted octanol–water partition coefficient (Wildman–Crippen LogP) is 3.75. The van der Waals surface area contributed by atoms with E-state index in [9.17, 15) is 22.8 Å². The molecular formula is C17H20ClF3N2O2. The fourth-order valence-electron chi connectivity index (χ4n) is 2.17.